The molecule has 1 rings (SSSR count). The van der Waals surface area contributed by atoms with Crippen LogP contribution in [0.3, 0.4) is 0 Å². The first kappa shape index (κ1) is 13.0. The molecule has 3 atom stereocenters. The molecular weight excluding hydrogens is 184 g/mol. The van der Waals surface area contributed by atoms with Crippen molar-refractivity contribution in [2.45, 2.75) is 59.5 Å². The van der Waals surface area contributed by atoms with Crippen molar-refractivity contribution in [2.75, 3.05) is 13.1 Å². The van der Waals surface area contributed by atoms with E-state index < -0.39 is 0 Å². The number of hydrogen-bond donors (Lipinski definition) is 1. The van der Waals surface area contributed by atoms with Gasteiger partial charge in [0.05, 0.1) is 0 Å². The van der Waals surface area contributed by atoms with E-state index in [2.05, 4.69) is 39.5 Å². The monoisotopic (exact) mass is 212 g/mol. The molecule has 1 saturated heterocycles. The van der Waals surface area contributed by atoms with Crippen LogP contribution in [0, 0.1) is 11.3 Å². The first-order valence-corrected chi connectivity index (χ1v) is 6.30. The first-order chi connectivity index (χ1) is 6.80. The topological polar surface area (TPSA) is 29.3 Å². The molecule has 0 bridgehead atoms. The summed E-state index contributed by atoms with van der Waals surface area (Å²) < 4.78 is 0. The zero-order chi connectivity index (χ0) is 11.6. The maximum atomic E-state index is 6.24. The summed E-state index contributed by atoms with van der Waals surface area (Å²) in [6.07, 6.45) is 2.66. The Hall–Kier alpha value is -0.0800. The Morgan fingerprint density at radius 1 is 1.33 bits per heavy atom. The van der Waals surface area contributed by atoms with E-state index >= 15 is 0 Å². The molecule has 2 heteroatoms. The minimum atomic E-state index is 0.225. The zero-order valence-corrected chi connectivity index (χ0v) is 11.1. The average molecular weight is 212 g/mol. The van der Waals surface area contributed by atoms with Crippen LogP contribution in [-0.4, -0.2) is 30.1 Å². The Bertz CT molecular complexity index is 195. The van der Waals surface area contributed by atoms with Crippen molar-refractivity contribution in [3.8, 4) is 0 Å². The molecule has 90 valence electrons. The third-order valence-corrected chi connectivity index (χ3v) is 3.82. The summed E-state index contributed by atoms with van der Waals surface area (Å²) in [7, 11) is 0. The van der Waals surface area contributed by atoms with Crippen LogP contribution in [-0.2, 0) is 0 Å². The van der Waals surface area contributed by atoms with Gasteiger partial charge in [-0.3, -0.25) is 4.90 Å². The smallest absolute Gasteiger partial charge is 0.0217 e. The lowest BCUT2D eigenvalue weighted by Gasteiger charge is -2.40. The second-order valence-corrected chi connectivity index (χ2v) is 6.45. The number of rotatable bonds is 2. The van der Waals surface area contributed by atoms with Gasteiger partial charge in [-0.15, -0.1) is 0 Å². The molecule has 3 unspecified atom stereocenters. The number of nitrogens with two attached hydrogens (primary N) is 1. The lowest BCUT2D eigenvalue weighted by Crippen LogP contribution is -2.50. The van der Waals surface area contributed by atoms with Crippen molar-refractivity contribution in [2.24, 2.45) is 17.1 Å². The Labute approximate surface area is 95.2 Å². The third kappa shape index (κ3) is 3.76. The highest BCUT2D eigenvalue weighted by Gasteiger charge is 2.28. The van der Waals surface area contributed by atoms with Gasteiger partial charge in [0.1, 0.15) is 0 Å². The SMILES string of the molecule is CC1CCN(CC(N)C(C)(C)C)C(C)C1. The molecule has 0 amide bonds. The molecule has 0 radical (unpaired) electrons. The largest absolute Gasteiger partial charge is 0.326 e. The first-order valence-electron chi connectivity index (χ1n) is 6.30. The highest BCUT2D eigenvalue weighted by atomic mass is 15.2. The highest BCUT2D eigenvalue weighted by Crippen LogP contribution is 2.25. The maximum absolute atomic E-state index is 6.24. The Morgan fingerprint density at radius 2 is 1.93 bits per heavy atom. The number of nitrogens with zero attached hydrogens (tertiary/aromatic N) is 1. The average Bonchev–Trinajstić information content (AvgIpc) is 2.08. The fourth-order valence-corrected chi connectivity index (χ4v) is 2.25. The van der Waals surface area contributed by atoms with Crippen LogP contribution >= 0.6 is 0 Å². The van der Waals surface area contributed by atoms with Gasteiger partial charge in [-0.2, -0.15) is 0 Å². The molecule has 2 nitrogen and oxygen atoms in total. The van der Waals surface area contributed by atoms with Crippen LogP contribution in [0.5, 0.6) is 0 Å². The van der Waals surface area contributed by atoms with Gasteiger partial charge < -0.3 is 5.73 Å². The van der Waals surface area contributed by atoms with E-state index in [9.17, 15) is 0 Å². The molecule has 0 saturated carbocycles. The lowest BCUT2D eigenvalue weighted by molar-refractivity contribution is 0.103. The molecule has 1 aliphatic heterocycles. The van der Waals surface area contributed by atoms with Crippen molar-refractivity contribution in [3.05, 3.63) is 0 Å². The van der Waals surface area contributed by atoms with Gasteiger partial charge in [-0.05, 0) is 37.6 Å². The summed E-state index contributed by atoms with van der Waals surface area (Å²) in [4.78, 5) is 2.57. The molecule has 1 heterocycles. The maximum Gasteiger partial charge on any atom is 0.0217 e. The van der Waals surface area contributed by atoms with Gasteiger partial charge in [0, 0.05) is 18.6 Å². The van der Waals surface area contributed by atoms with Crippen LogP contribution in [0.4, 0.5) is 0 Å². The Morgan fingerprint density at radius 3 is 2.40 bits per heavy atom. The van der Waals surface area contributed by atoms with E-state index in [4.69, 9.17) is 5.73 Å². The molecule has 0 aliphatic carbocycles. The molecule has 0 spiro atoms. The van der Waals surface area contributed by atoms with Crippen LogP contribution in [0.1, 0.15) is 47.5 Å². The van der Waals surface area contributed by atoms with Gasteiger partial charge in [-0.1, -0.05) is 27.7 Å². The van der Waals surface area contributed by atoms with E-state index in [0.29, 0.717) is 6.04 Å². The number of likely N-dealkylation sites (tertiary alicyclic amines) is 1. The minimum Gasteiger partial charge on any atom is -0.326 e. The molecule has 0 aromatic rings. The van der Waals surface area contributed by atoms with Gasteiger partial charge in [-0.25, -0.2) is 0 Å². The lowest BCUT2D eigenvalue weighted by atomic mass is 9.85. The summed E-state index contributed by atoms with van der Waals surface area (Å²) >= 11 is 0. The predicted molar refractivity (Wildman–Crippen MR) is 66.9 cm³/mol. The molecule has 1 fully saturated rings. The van der Waals surface area contributed by atoms with Gasteiger partial charge in [0.2, 0.25) is 0 Å². The van der Waals surface area contributed by atoms with E-state index in [1.54, 1.807) is 0 Å². The third-order valence-electron chi connectivity index (χ3n) is 3.82. The van der Waals surface area contributed by atoms with Crippen LogP contribution < -0.4 is 5.73 Å². The Balaban J connectivity index is 2.45. The molecule has 0 aromatic carbocycles. The number of piperidine rings is 1. The normalized spacial score (nSPS) is 31.6. The molecular formula is C13H28N2. The quantitative estimate of drug-likeness (QED) is 0.762. The summed E-state index contributed by atoms with van der Waals surface area (Å²) in [5, 5.41) is 0. The van der Waals surface area contributed by atoms with E-state index in [1.165, 1.54) is 19.4 Å². The second-order valence-electron chi connectivity index (χ2n) is 6.45. The van der Waals surface area contributed by atoms with Gasteiger partial charge in [0.15, 0.2) is 0 Å². The molecule has 15 heavy (non-hydrogen) atoms. The fourth-order valence-electron chi connectivity index (χ4n) is 2.25. The number of hydrogen-bond acceptors (Lipinski definition) is 2. The van der Waals surface area contributed by atoms with Crippen molar-refractivity contribution < 1.29 is 0 Å². The van der Waals surface area contributed by atoms with E-state index in [1.807, 2.05) is 0 Å². The molecule has 1 aliphatic rings. The van der Waals surface area contributed by atoms with Crippen molar-refractivity contribution in [1.29, 1.82) is 0 Å². The van der Waals surface area contributed by atoms with Gasteiger partial charge >= 0.3 is 0 Å². The summed E-state index contributed by atoms with van der Waals surface area (Å²) in [6, 6.07) is 0.996. The second kappa shape index (κ2) is 4.84. The Kier molecular flexibility index (Phi) is 4.19. The summed E-state index contributed by atoms with van der Waals surface area (Å²) in [5.41, 5.74) is 6.46. The predicted octanol–water partition coefficient (Wildman–Crippen LogP) is 2.48. The van der Waals surface area contributed by atoms with Crippen molar-refractivity contribution >= 4 is 0 Å². The van der Waals surface area contributed by atoms with Crippen LogP contribution in [0.25, 0.3) is 0 Å². The summed E-state index contributed by atoms with van der Waals surface area (Å²) in [6.45, 7) is 13.7. The molecule has 0 aromatic heterocycles. The van der Waals surface area contributed by atoms with Crippen LogP contribution in [0.2, 0.25) is 0 Å². The van der Waals surface area contributed by atoms with Crippen molar-refractivity contribution in [1.82, 2.24) is 4.90 Å². The summed E-state index contributed by atoms with van der Waals surface area (Å²) in [5.74, 6) is 0.891. The van der Waals surface area contributed by atoms with Crippen LogP contribution in [0.15, 0.2) is 0 Å². The molecule has 2 N–H and O–H groups in total. The van der Waals surface area contributed by atoms with Gasteiger partial charge in [0.25, 0.3) is 0 Å². The zero-order valence-electron chi connectivity index (χ0n) is 11.1. The van der Waals surface area contributed by atoms with E-state index in [0.717, 1.165) is 12.5 Å². The van der Waals surface area contributed by atoms with Crippen molar-refractivity contribution in [3.63, 3.8) is 0 Å². The minimum absolute atomic E-state index is 0.225. The standard InChI is InChI=1S/C13H28N2/c1-10-6-7-15(11(2)8-10)9-12(14)13(3,4)5/h10-12H,6-9,14H2,1-5H3. The van der Waals surface area contributed by atoms with E-state index in [-0.39, 0.29) is 11.5 Å². The fraction of sp³-hybridized carbons (Fsp3) is 1.00. The highest BCUT2D eigenvalue weighted by molar-refractivity contribution is 4.84.